The molecule has 2 nitrogen and oxygen atoms in total. The maximum atomic E-state index is 3.71. The fourth-order valence-corrected chi connectivity index (χ4v) is 3.99. The third kappa shape index (κ3) is 2.27. The van der Waals surface area contributed by atoms with Crippen LogP contribution in [0.3, 0.4) is 0 Å². The van der Waals surface area contributed by atoms with E-state index in [1.54, 1.807) is 0 Å². The number of hydrogen-bond acceptors (Lipinski definition) is 1. The molecule has 1 aromatic heterocycles. The average Bonchev–Trinajstić information content (AvgIpc) is 2.87. The van der Waals surface area contributed by atoms with Crippen molar-refractivity contribution < 1.29 is 0 Å². The highest BCUT2D eigenvalue weighted by atomic mass is 127. The number of fused-ring (bicyclic) bond motifs is 3. The van der Waals surface area contributed by atoms with Gasteiger partial charge in [-0.15, -0.1) is 0 Å². The third-order valence-corrected chi connectivity index (χ3v) is 5.32. The van der Waals surface area contributed by atoms with Gasteiger partial charge in [-0.3, -0.25) is 0 Å². The van der Waals surface area contributed by atoms with Gasteiger partial charge < -0.3 is 10.3 Å². The zero-order chi connectivity index (χ0) is 15.3. The number of rotatable bonds is 1. The summed E-state index contributed by atoms with van der Waals surface area (Å²) in [5.41, 5.74) is 8.15. The van der Waals surface area contributed by atoms with Gasteiger partial charge in [-0.05, 0) is 77.7 Å². The molecule has 2 N–H and O–H groups in total. The first kappa shape index (κ1) is 14.3. The van der Waals surface area contributed by atoms with Gasteiger partial charge in [-0.25, -0.2) is 0 Å². The van der Waals surface area contributed by atoms with Crippen molar-refractivity contribution in [3.05, 3.63) is 67.9 Å². The Morgan fingerprint density at radius 1 is 1.09 bits per heavy atom. The molecule has 0 saturated carbocycles. The van der Waals surface area contributed by atoms with Gasteiger partial charge in [0.2, 0.25) is 0 Å². The smallest absolute Gasteiger partial charge is 0.0732 e. The molecule has 0 bridgehead atoms. The lowest BCUT2D eigenvalue weighted by Crippen LogP contribution is -2.30. The van der Waals surface area contributed by atoms with E-state index in [1.807, 2.05) is 0 Å². The molecule has 3 heteroatoms. The molecule has 3 aromatic rings. The number of nitrogens with one attached hydrogen (secondary N) is 2. The second-order valence-corrected chi connectivity index (χ2v) is 7.46. The molecule has 1 unspecified atom stereocenters. The second-order valence-electron chi connectivity index (χ2n) is 6.21. The van der Waals surface area contributed by atoms with Crippen LogP contribution in [0.15, 0.2) is 36.4 Å². The fraction of sp³-hybridized carbons (Fsp3) is 0.263. The molecule has 1 aliphatic heterocycles. The Balaban J connectivity index is 1.91. The lowest BCUT2D eigenvalue weighted by Gasteiger charge is -2.25. The summed E-state index contributed by atoms with van der Waals surface area (Å²) in [7, 11) is 0. The summed E-state index contributed by atoms with van der Waals surface area (Å²) in [4.78, 5) is 3.71. The van der Waals surface area contributed by atoms with E-state index >= 15 is 0 Å². The number of aryl methyl sites for hydroxylation is 2. The van der Waals surface area contributed by atoms with Crippen molar-refractivity contribution in [2.24, 2.45) is 0 Å². The molecular weight excluding hydrogens is 383 g/mol. The van der Waals surface area contributed by atoms with Crippen LogP contribution in [0, 0.1) is 17.4 Å². The van der Waals surface area contributed by atoms with Gasteiger partial charge in [0.25, 0.3) is 0 Å². The monoisotopic (exact) mass is 402 g/mol. The summed E-state index contributed by atoms with van der Waals surface area (Å²) in [5, 5.41) is 5.08. The van der Waals surface area contributed by atoms with Crippen LogP contribution in [-0.2, 0) is 6.42 Å². The van der Waals surface area contributed by atoms with Gasteiger partial charge in [-0.2, -0.15) is 0 Å². The Bertz CT molecular complexity index is 846. The molecular formula is C19H19IN2. The molecule has 0 saturated heterocycles. The van der Waals surface area contributed by atoms with Crippen molar-refractivity contribution in [1.29, 1.82) is 0 Å². The first-order valence-electron chi connectivity index (χ1n) is 7.74. The quantitative estimate of drug-likeness (QED) is 0.571. The summed E-state index contributed by atoms with van der Waals surface area (Å²) >= 11 is 2.36. The van der Waals surface area contributed by atoms with Crippen LogP contribution in [0.4, 0.5) is 0 Å². The average molecular weight is 402 g/mol. The topological polar surface area (TPSA) is 27.8 Å². The van der Waals surface area contributed by atoms with E-state index in [0.717, 1.165) is 13.0 Å². The van der Waals surface area contributed by atoms with Crippen LogP contribution < -0.4 is 5.32 Å². The zero-order valence-corrected chi connectivity index (χ0v) is 15.0. The van der Waals surface area contributed by atoms with Crippen molar-refractivity contribution in [2.45, 2.75) is 26.3 Å². The minimum Gasteiger partial charge on any atom is -0.356 e. The van der Waals surface area contributed by atoms with Crippen molar-refractivity contribution in [3.63, 3.8) is 0 Å². The highest BCUT2D eigenvalue weighted by Crippen LogP contribution is 2.35. The predicted molar refractivity (Wildman–Crippen MR) is 100 cm³/mol. The Hall–Kier alpha value is -1.33. The van der Waals surface area contributed by atoms with Gasteiger partial charge in [0, 0.05) is 26.7 Å². The van der Waals surface area contributed by atoms with Crippen LogP contribution in [-0.4, -0.2) is 11.5 Å². The summed E-state index contributed by atoms with van der Waals surface area (Å²) in [6.07, 6.45) is 1.10. The van der Waals surface area contributed by atoms with Gasteiger partial charge in [-0.1, -0.05) is 23.8 Å². The summed E-state index contributed by atoms with van der Waals surface area (Å²) in [6.45, 7) is 5.41. The number of halogens is 1. The summed E-state index contributed by atoms with van der Waals surface area (Å²) in [6, 6.07) is 13.7. The third-order valence-electron chi connectivity index (χ3n) is 4.61. The second kappa shape index (κ2) is 5.39. The Morgan fingerprint density at radius 2 is 1.86 bits per heavy atom. The molecule has 4 rings (SSSR count). The SMILES string of the molecule is Cc1cc(C)c2[nH]c3c(c2c1)CCNC3c1ccc(I)cc1. The van der Waals surface area contributed by atoms with E-state index in [4.69, 9.17) is 0 Å². The predicted octanol–water partition coefficient (Wildman–Crippen LogP) is 4.62. The molecule has 1 aliphatic rings. The zero-order valence-electron chi connectivity index (χ0n) is 12.8. The number of benzene rings is 2. The molecule has 2 aromatic carbocycles. The molecule has 112 valence electrons. The van der Waals surface area contributed by atoms with E-state index in [0.29, 0.717) is 0 Å². The lowest BCUT2D eigenvalue weighted by molar-refractivity contribution is 0.560. The van der Waals surface area contributed by atoms with Crippen LogP contribution in [0.1, 0.15) is 34.0 Å². The Labute approximate surface area is 144 Å². The van der Waals surface area contributed by atoms with Gasteiger partial charge >= 0.3 is 0 Å². The van der Waals surface area contributed by atoms with E-state index in [-0.39, 0.29) is 6.04 Å². The molecule has 0 spiro atoms. The molecule has 0 amide bonds. The van der Waals surface area contributed by atoms with Crippen LogP contribution >= 0.6 is 22.6 Å². The van der Waals surface area contributed by atoms with Gasteiger partial charge in [0.15, 0.2) is 0 Å². The van der Waals surface area contributed by atoms with Crippen molar-refractivity contribution >= 4 is 33.5 Å². The lowest BCUT2D eigenvalue weighted by atomic mass is 9.94. The number of H-pyrrole nitrogens is 1. The maximum absolute atomic E-state index is 3.71. The largest absolute Gasteiger partial charge is 0.356 e. The van der Waals surface area contributed by atoms with Crippen LogP contribution in [0.25, 0.3) is 10.9 Å². The molecule has 2 heterocycles. The minimum absolute atomic E-state index is 0.271. The highest BCUT2D eigenvalue weighted by Gasteiger charge is 2.25. The minimum atomic E-state index is 0.271. The fourth-order valence-electron chi connectivity index (χ4n) is 3.63. The molecule has 0 fully saturated rings. The van der Waals surface area contributed by atoms with Crippen LogP contribution in [0.2, 0.25) is 0 Å². The first-order chi connectivity index (χ1) is 10.6. The van der Waals surface area contributed by atoms with Crippen molar-refractivity contribution in [2.75, 3.05) is 6.54 Å². The molecule has 0 radical (unpaired) electrons. The van der Waals surface area contributed by atoms with E-state index < -0.39 is 0 Å². The van der Waals surface area contributed by atoms with Crippen LogP contribution in [0.5, 0.6) is 0 Å². The Kier molecular flexibility index (Phi) is 3.50. The van der Waals surface area contributed by atoms with E-state index in [1.165, 1.54) is 42.4 Å². The number of aromatic nitrogens is 1. The summed E-state index contributed by atoms with van der Waals surface area (Å²) < 4.78 is 1.28. The van der Waals surface area contributed by atoms with E-state index in [2.05, 4.69) is 83.1 Å². The molecule has 0 aliphatic carbocycles. The standard InChI is InChI=1S/C19H19IN2/c1-11-9-12(2)17-16(10-11)15-7-8-21-18(19(15)22-17)13-3-5-14(20)6-4-13/h3-6,9-10,18,21-22H,7-8H2,1-2H3. The first-order valence-corrected chi connectivity index (χ1v) is 8.82. The maximum Gasteiger partial charge on any atom is 0.0732 e. The molecule has 1 atom stereocenters. The highest BCUT2D eigenvalue weighted by molar-refractivity contribution is 14.1. The normalized spacial score (nSPS) is 17.7. The Morgan fingerprint density at radius 3 is 2.64 bits per heavy atom. The molecule has 22 heavy (non-hydrogen) atoms. The van der Waals surface area contributed by atoms with Gasteiger partial charge in [0.1, 0.15) is 0 Å². The van der Waals surface area contributed by atoms with Crippen molar-refractivity contribution in [3.8, 4) is 0 Å². The van der Waals surface area contributed by atoms with E-state index in [9.17, 15) is 0 Å². The van der Waals surface area contributed by atoms with Gasteiger partial charge in [0.05, 0.1) is 6.04 Å². The number of hydrogen-bond donors (Lipinski definition) is 2. The summed E-state index contributed by atoms with van der Waals surface area (Å²) in [5.74, 6) is 0. The van der Waals surface area contributed by atoms with Crippen molar-refractivity contribution in [1.82, 2.24) is 10.3 Å². The number of aromatic amines is 1.